The Labute approximate surface area is 151 Å². The number of hydrogen-bond acceptors (Lipinski definition) is 3. The van der Waals surface area contributed by atoms with Gasteiger partial charge in [-0.1, -0.05) is 44.2 Å². The van der Waals surface area contributed by atoms with Gasteiger partial charge in [0.15, 0.2) is 0 Å². The summed E-state index contributed by atoms with van der Waals surface area (Å²) in [6.07, 6.45) is 3.14. The molecule has 1 aliphatic heterocycles. The number of nitrogens with one attached hydrogen (secondary N) is 2. The molecule has 1 fully saturated rings. The fourth-order valence-electron chi connectivity index (χ4n) is 3.31. The molecule has 0 aliphatic carbocycles. The second-order valence-corrected chi connectivity index (χ2v) is 7.35. The first-order chi connectivity index (χ1) is 12.1. The third-order valence-electron chi connectivity index (χ3n) is 5.13. The van der Waals surface area contributed by atoms with Crippen molar-refractivity contribution in [1.29, 1.82) is 0 Å². The van der Waals surface area contributed by atoms with E-state index in [4.69, 9.17) is 5.11 Å². The summed E-state index contributed by atoms with van der Waals surface area (Å²) in [4.78, 5) is 14.6. The summed E-state index contributed by atoms with van der Waals surface area (Å²) in [5, 5.41) is 14.9. The van der Waals surface area contributed by atoms with Gasteiger partial charge in [-0.15, -0.1) is 0 Å². The van der Waals surface area contributed by atoms with Crippen LogP contribution in [-0.4, -0.2) is 48.8 Å². The molecule has 2 unspecified atom stereocenters. The Bertz CT molecular complexity index is 501. The lowest BCUT2D eigenvalue weighted by atomic mass is 9.95. The number of carbonyl (C=O) groups is 1. The summed E-state index contributed by atoms with van der Waals surface area (Å²) in [7, 11) is 0. The molecule has 2 rings (SSSR count). The van der Waals surface area contributed by atoms with Crippen LogP contribution in [0.15, 0.2) is 30.3 Å². The highest BCUT2D eigenvalue weighted by atomic mass is 16.3. The van der Waals surface area contributed by atoms with Crippen LogP contribution < -0.4 is 10.6 Å². The number of amides is 2. The summed E-state index contributed by atoms with van der Waals surface area (Å²) in [5.74, 6) is 1.07. The molecule has 0 spiro atoms. The van der Waals surface area contributed by atoms with Crippen LogP contribution in [0, 0.1) is 11.8 Å². The zero-order valence-electron chi connectivity index (χ0n) is 15.6. The fraction of sp³-hybridized carbons (Fsp3) is 0.650. The molecule has 140 valence electrons. The molecule has 1 aliphatic rings. The Morgan fingerprint density at radius 1 is 1.20 bits per heavy atom. The van der Waals surface area contributed by atoms with Gasteiger partial charge in [0, 0.05) is 19.7 Å². The minimum atomic E-state index is -0.129. The first-order valence-electron chi connectivity index (χ1n) is 9.51. The minimum Gasteiger partial charge on any atom is -0.396 e. The van der Waals surface area contributed by atoms with Crippen LogP contribution in [-0.2, 0) is 0 Å². The number of urea groups is 1. The Kier molecular flexibility index (Phi) is 8.22. The molecule has 5 nitrogen and oxygen atoms in total. The van der Waals surface area contributed by atoms with Gasteiger partial charge < -0.3 is 15.7 Å². The van der Waals surface area contributed by atoms with E-state index >= 15 is 0 Å². The van der Waals surface area contributed by atoms with Crippen molar-refractivity contribution in [1.82, 2.24) is 15.5 Å². The molecule has 1 aromatic carbocycles. The largest absolute Gasteiger partial charge is 0.396 e. The van der Waals surface area contributed by atoms with Gasteiger partial charge in [0.2, 0.25) is 0 Å². The molecule has 0 radical (unpaired) electrons. The molecule has 0 bridgehead atoms. The van der Waals surface area contributed by atoms with Gasteiger partial charge in [0.05, 0.1) is 6.04 Å². The standard InChI is InChI=1S/C20H33N3O2/c1-16-8-11-23(12-9-16)19(18-6-4-3-5-7-18)15-22-20(25)21-14-17(2)10-13-24/h3-7,16-17,19,24H,8-15H2,1-2H3,(H2,21,22,25). The van der Waals surface area contributed by atoms with Gasteiger partial charge in [0.1, 0.15) is 0 Å². The van der Waals surface area contributed by atoms with Crippen molar-refractivity contribution < 1.29 is 9.90 Å². The van der Waals surface area contributed by atoms with E-state index in [1.165, 1.54) is 18.4 Å². The number of rotatable bonds is 8. The van der Waals surface area contributed by atoms with E-state index < -0.39 is 0 Å². The molecule has 2 atom stereocenters. The van der Waals surface area contributed by atoms with Crippen LogP contribution in [0.4, 0.5) is 4.79 Å². The van der Waals surface area contributed by atoms with E-state index in [0.29, 0.717) is 19.5 Å². The zero-order chi connectivity index (χ0) is 18.1. The summed E-state index contributed by atoms with van der Waals surface area (Å²) in [6.45, 7) is 7.86. The summed E-state index contributed by atoms with van der Waals surface area (Å²) < 4.78 is 0. The van der Waals surface area contributed by atoms with Crippen LogP contribution >= 0.6 is 0 Å². The number of hydrogen-bond donors (Lipinski definition) is 3. The molecule has 0 aromatic heterocycles. The van der Waals surface area contributed by atoms with E-state index in [1.54, 1.807) is 0 Å². The molecule has 1 saturated heterocycles. The normalized spacial score (nSPS) is 18.5. The number of aliphatic hydroxyl groups is 1. The number of carbonyl (C=O) groups excluding carboxylic acids is 1. The van der Waals surface area contributed by atoms with Crippen molar-refractivity contribution >= 4 is 6.03 Å². The van der Waals surface area contributed by atoms with E-state index in [9.17, 15) is 4.79 Å². The lowest BCUT2D eigenvalue weighted by molar-refractivity contribution is 0.136. The lowest BCUT2D eigenvalue weighted by Gasteiger charge is -2.37. The quantitative estimate of drug-likeness (QED) is 0.677. The van der Waals surface area contributed by atoms with E-state index in [1.807, 2.05) is 13.0 Å². The Balaban J connectivity index is 1.89. The van der Waals surface area contributed by atoms with Crippen LogP contribution in [0.25, 0.3) is 0 Å². The van der Waals surface area contributed by atoms with Gasteiger partial charge in [-0.3, -0.25) is 4.90 Å². The van der Waals surface area contributed by atoms with Gasteiger partial charge in [-0.2, -0.15) is 0 Å². The Hall–Kier alpha value is -1.59. The topological polar surface area (TPSA) is 64.6 Å². The number of nitrogens with zero attached hydrogens (tertiary/aromatic N) is 1. The maximum atomic E-state index is 12.1. The van der Waals surface area contributed by atoms with Gasteiger partial charge in [-0.05, 0) is 49.8 Å². The smallest absolute Gasteiger partial charge is 0.314 e. The molecule has 1 heterocycles. The molecule has 0 saturated carbocycles. The predicted molar refractivity (Wildman–Crippen MR) is 101 cm³/mol. The highest BCUT2D eigenvalue weighted by molar-refractivity contribution is 5.73. The number of aliphatic hydroxyl groups excluding tert-OH is 1. The molecule has 1 aromatic rings. The molecule has 2 amide bonds. The molecule has 25 heavy (non-hydrogen) atoms. The Morgan fingerprint density at radius 3 is 2.48 bits per heavy atom. The summed E-state index contributed by atoms with van der Waals surface area (Å²) in [6, 6.07) is 10.5. The average Bonchev–Trinajstić information content (AvgIpc) is 2.63. The third kappa shape index (κ3) is 6.67. The van der Waals surface area contributed by atoms with E-state index in [0.717, 1.165) is 19.0 Å². The highest BCUT2D eigenvalue weighted by Crippen LogP contribution is 2.26. The first kappa shape index (κ1) is 19.7. The van der Waals surface area contributed by atoms with Crippen LogP contribution in [0.3, 0.4) is 0 Å². The summed E-state index contributed by atoms with van der Waals surface area (Å²) in [5.41, 5.74) is 1.26. The Morgan fingerprint density at radius 2 is 1.84 bits per heavy atom. The number of piperidine rings is 1. The van der Waals surface area contributed by atoms with Crippen molar-refractivity contribution in [2.45, 2.75) is 39.2 Å². The second-order valence-electron chi connectivity index (χ2n) is 7.35. The van der Waals surface area contributed by atoms with Crippen LogP contribution in [0.5, 0.6) is 0 Å². The van der Waals surface area contributed by atoms with Crippen LogP contribution in [0.1, 0.15) is 44.7 Å². The van der Waals surface area contributed by atoms with Gasteiger partial charge >= 0.3 is 6.03 Å². The van der Waals surface area contributed by atoms with Crippen molar-refractivity contribution in [3.8, 4) is 0 Å². The van der Waals surface area contributed by atoms with E-state index in [2.05, 4.69) is 46.7 Å². The molecule has 3 N–H and O–H groups in total. The summed E-state index contributed by atoms with van der Waals surface area (Å²) >= 11 is 0. The first-order valence-corrected chi connectivity index (χ1v) is 9.51. The van der Waals surface area contributed by atoms with Crippen molar-refractivity contribution in [2.24, 2.45) is 11.8 Å². The van der Waals surface area contributed by atoms with Gasteiger partial charge in [-0.25, -0.2) is 4.79 Å². The number of benzene rings is 1. The average molecular weight is 348 g/mol. The van der Waals surface area contributed by atoms with Gasteiger partial charge in [0.25, 0.3) is 0 Å². The predicted octanol–water partition coefficient (Wildman–Crippen LogP) is 2.78. The third-order valence-corrected chi connectivity index (χ3v) is 5.13. The van der Waals surface area contributed by atoms with Crippen molar-refractivity contribution in [2.75, 3.05) is 32.8 Å². The SMILES string of the molecule is CC1CCN(C(CNC(=O)NCC(C)CCO)c2ccccc2)CC1. The number of likely N-dealkylation sites (tertiary alicyclic amines) is 1. The van der Waals surface area contributed by atoms with E-state index in [-0.39, 0.29) is 24.6 Å². The second kappa shape index (κ2) is 10.4. The molecule has 5 heteroatoms. The molecular formula is C20H33N3O2. The lowest BCUT2D eigenvalue weighted by Crippen LogP contribution is -2.45. The zero-order valence-corrected chi connectivity index (χ0v) is 15.6. The fourth-order valence-corrected chi connectivity index (χ4v) is 3.31. The molecular weight excluding hydrogens is 314 g/mol. The maximum absolute atomic E-state index is 12.1. The van der Waals surface area contributed by atoms with Crippen molar-refractivity contribution in [3.05, 3.63) is 35.9 Å². The van der Waals surface area contributed by atoms with Crippen molar-refractivity contribution in [3.63, 3.8) is 0 Å². The minimum absolute atomic E-state index is 0.129. The monoisotopic (exact) mass is 347 g/mol. The maximum Gasteiger partial charge on any atom is 0.314 e. The highest BCUT2D eigenvalue weighted by Gasteiger charge is 2.24. The van der Waals surface area contributed by atoms with Crippen LogP contribution in [0.2, 0.25) is 0 Å².